The van der Waals surface area contributed by atoms with Crippen molar-refractivity contribution in [2.45, 2.75) is 6.54 Å². The Bertz CT molecular complexity index is 727. The smallest absolute Gasteiger partial charge is 0.250 e. The molecule has 3 aromatic rings. The lowest BCUT2D eigenvalue weighted by Gasteiger charge is -1.94. The lowest BCUT2D eigenvalue weighted by Crippen LogP contribution is -2.21. The number of aromatic nitrogens is 3. The summed E-state index contributed by atoms with van der Waals surface area (Å²) in [7, 11) is 0. The van der Waals surface area contributed by atoms with Gasteiger partial charge in [0, 0.05) is 11.1 Å². The molecule has 0 radical (unpaired) electrons. The van der Waals surface area contributed by atoms with E-state index < -0.39 is 0 Å². The molecule has 0 aromatic carbocycles. The zero-order valence-corrected chi connectivity index (χ0v) is 10.3. The monoisotopic (exact) mass is 265 g/mol. The van der Waals surface area contributed by atoms with Crippen LogP contribution < -0.4 is 5.69 Å². The molecule has 3 heterocycles. The maximum Gasteiger partial charge on any atom is 0.350 e. The van der Waals surface area contributed by atoms with Gasteiger partial charge in [0.25, 0.3) is 0 Å². The molecule has 0 amide bonds. The van der Waals surface area contributed by atoms with Crippen molar-refractivity contribution in [1.82, 2.24) is 14.2 Å². The summed E-state index contributed by atoms with van der Waals surface area (Å²) in [5.74, 6) is 0. The van der Waals surface area contributed by atoms with Crippen LogP contribution in [0.25, 0.3) is 5.65 Å². The Morgan fingerprint density at radius 2 is 2.18 bits per heavy atom. The summed E-state index contributed by atoms with van der Waals surface area (Å²) < 4.78 is 3.68. The van der Waals surface area contributed by atoms with Gasteiger partial charge < -0.3 is 0 Å². The SMILES string of the molecule is O=c1n(Cc2ccc(Cl)s2)nc2ccccn12. The number of fused-ring (bicyclic) bond motifs is 1. The average molecular weight is 266 g/mol. The Hall–Kier alpha value is -1.59. The van der Waals surface area contributed by atoms with Crippen LogP contribution in [0.5, 0.6) is 0 Å². The van der Waals surface area contributed by atoms with Gasteiger partial charge in [0.2, 0.25) is 0 Å². The summed E-state index contributed by atoms with van der Waals surface area (Å²) in [6.45, 7) is 0.456. The van der Waals surface area contributed by atoms with Crippen LogP contribution in [0.3, 0.4) is 0 Å². The largest absolute Gasteiger partial charge is 0.350 e. The third-order valence-electron chi connectivity index (χ3n) is 2.42. The summed E-state index contributed by atoms with van der Waals surface area (Å²) >= 11 is 7.31. The average Bonchev–Trinajstić information content (AvgIpc) is 2.86. The fraction of sp³-hybridized carbons (Fsp3) is 0.0909. The Morgan fingerprint density at radius 1 is 1.29 bits per heavy atom. The van der Waals surface area contributed by atoms with Crippen LogP contribution in [-0.2, 0) is 6.54 Å². The molecule has 86 valence electrons. The molecule has 6 heteroatoms. The third kappa shape index (κ3) is 1.87. The molecule has 3 rings (SSSR count). The molecular formula is C11H8ClN3OS. The molecule has 0 bridgehead atoms. The molecule has 0 saturated heterocycles. The lowest BCUT2D eigenvalue weighted by molar-refractivity contribution is 0.666. The van der Waals surface area contributed by atoms with Gasteiger partial charge in [0.15, 0.2) is 5.65 Å². The number of hydrogen-bond donors (Lipinski definition) is 0. The van der Waals surface area contributed by atoms with Gasteiger partial charge in [-0.1, -0.05) is 17.7 Å². The molecule has 0 aliphatic heterocycles. The van der Waals surface area contributed by atoms with Crippen molar-refractivity contribution in [2.24, 2.45) is 0 Å². The first-order valence-corrected chi connectivity index (χ1v) is 6.22. The topological polar surface area (TPSA) is 39.3 Å². The molecule has 0 N–H and O–H groups in total. The highest BCUT2D eigenvalue weighted by molar-refractivity contribution is 7.16. The van der Waals surface area contributed by atoms with E-state index in [1.54, 1.807) is 12.3 Å². The first-order valence-electron chi connectivity index (χ1n) is 5.02. The van der Waals surface area contributed by atoms with Crippen LogP contribution in [0, 0.1) is 0 Å². The van der Waals surface area contributed by atoms with Crippen molar-refractivity contribution in [2.75, 3.05) is 0 Å². The normalized spacial score (nSPS) is 11.1. The van der Waals surface area contributed by atoms with E-state index in [2.05, 4.69) is 5.10 Å². The lowest BCUT2D eigenvalue weighted by atomic mass is 10.5. The fourth-order valence-electron chi connectivity index (χ4n) is 1.66. The highest BCUT2D eigenvalue weighted by Gasteiger charge is 2.07. The Balaban J connectivity index is 2.06. The Labute approximate surface area is 106 Å². The molecule has 17 heavy (non-hydrogen) atoms. The van der Waals surface area contributed by atoms with E-state index in [0.29, 0.717) is 12.2 Å². The third-order valence-corrected chi connectivity index (χ3v) is 3.64. The van der Waals surface area contributed by atoms with Gasteiger partial charge in [-0.2, -0.15) is 0 Å². The predicted molar refractivity (Wildman–Crippen MR) is 67.9 cm³/mol. The number of rotatable bonds is 2. The van der Waals surface area contributed by atoms with E-state index >= 15 is 0 Å². The van der Waals surface area contributed by atoms with Crippen LogP contribution in [0.15, 0.2) is 41.3 Å². The van der Waals surface area contributed by atoms with E-state index in [1.807, 2.05) is 24.3 Å². The van der Waals surface area contributed by atoms with Crippen molar-refractivity contribution in [3.8, 4) is 0 Å². The fourth-order valence-corrected chi connectivity index (χ4v) is 2.73. The standard InChI is InChI=1S/C11H8ClN3OS/c12-9-5-4-8(17-9)7-15-11(16)14-6-2-1-3-10(14)13-15/h1-6H,7H2. The second kappa shape index (κ2) is 4.01. The van der Waals surface area contributed by atoms with Gasteiger partial charge >= 0.3 is 5.69 Å². The minimum absolute atomic E-state index is 0.134. The van der Waals surface area contributed by atoms with Crippen LogP contribution in [0.1, 0.15) is 4.88 Å². The zero-order valence-electron chi connectivity index (χ0n) is 8.71. The molecule has 0 aliphatic rings. The first kappa shape index (κ1) is 10.6. The number of halogens is 1. The number of nitrogens with zero attached hydrogens (tertiary/aromatic N) is 3. The van der Waals surface area contributed by atoms with Crippen LogP contribution >= 0.6 is 22.9 Å². The minimum Gasteiger partial charge on any atom is -0.250 e. The van der Waals surface area contributed by atoms with E-state index in [4.69, 9.17) is 11.6 Å². The van der Waals surface area contributed by atoms with Gasteiger partial charge in [-0.15, -0.1) is 16.4 Å². The van der Waals surface area contributed by atoms with E-state index in [-0.39, 0.29) is 5.69 Å². The van der Waals surface area contributed by atoms with Crippen molar-refractivity contribution in [3.05, 3.63) is 56.2 Å². The Morgan fingerprint density at radius 3 is 2.88 bits per heavy atom. The molecular weight excluding hydrogens is 258 g/mol. The summed E-state index contributed by atoms with van der Waals surface area (Å²) in [5.41, 5.74) is 0.519. The summed E-state index contributed by atoms with van der Waals surface area (Å²) in [6.07, 6.45) is 1.71. The molecule has 0 saturated carbocycles. The summed E-state index contributed by atoms with van der Waals surface area (Å²) in [6, 6.07) is 9.20. The van der Waals surface area contributed by atoms with Gasteiger partial charge in [-0.25, -0.2) is 9.48 Å². The summed E-state index contributed by atoms with van der Waals surface area (Å²) in [4.78, 5) is 13.0. The molecule has 0 unspecified atom stereocenters. The molecule has 4 nitrogen and oxygen atoms in total. The van der Waals surface area contributed by atoms with E-state index in [1.165, 1.54) is 20.4 Å². The van der Waals surface area contributed by atoms with Crippen LogP contribution in [0.2, 0.25) is 4.34 Å². The second-order valence-corrected chi connectivity index (χ2v) is 5.37. The van der Waals surface area contributed by atoms with Crippen molar-refractivity contribution < 1.29 is 0 Å². The molecule has 3 aromatic heterocycles. The minimum atomic E-state index is -0.134. The highest BCUT2D eigenvalue weighted by Crippen LogP contribution is 2.21. The molecule has 0 fully saturated rings. The van der Waals surface area contributed by atoms with Crippen molar-refractivity contribution >= 4 is 28.6 Å². The van der Waals surface area contributed by atoms with Crippen molar-refractivity contribution in [3.63, 3.8) is 0 Å². The van der Waals surface area contributed by atoms with Gasteiger partial charge in [0.1, 0.15) is 0 Å². The molecule has 0 aliphatic carbocycles. The van der Waals surface area contributed by atoms with Crippen LogP contribution in [0.4, 0.5) is 0 Å². The van der Waals surface area contributed by atoms with Crippen LogP contribution in [-0.4, -0.2) is 14.2 Å². The van der Waals surface area contributed by atoms with Gasteiger partial charge in [-0.05, 0) is 24.3 Å². The van der Waals surface area contributed by atoms with Gasteiger partial charge in [0.05, 0.1) is 10.9 Å². The van der Waals surface area contributed by atoms with E-state index in [9.17, 15) is 4.79 Å². The number of thiophene rings is 1. The number of hydrogen-bond acceptors (Lipinski definition) is 3. The quantitative estimate of drug-likeness (QED) is 0.713. The Kier molecular flexibility index (Phi) is 2.49. The molecule has 0 spiro atoms. The van der Waals surface area contributed by atoms with E-state index in [0.717, 1.165) is 9.21 Å². The second-order valence-electron chi connectivity index (χ2n) is 3.57. The first-order chi connectivity index (χ1) is 8.24. The highest BCUT2D eigenvalue weighted by atomic mass is 35.5. The maximum absolute atomic E-state index is 12.0. The summed E-state index contributed by atoms with van der Waals surface area (Å²) in [5, 5.41) is 4.25. The predicted octanol–water partition coefficient (Wildman–Crippen LogP) is 2.26. The van der Waals surface area contributed by atoms with Crippen molar-refractivity contribution in [1.29, 1.82) is 0 Å². The number of pyridine rings is 1. The zero-order chi connectivity index (χ0) is 11.8. The molecule has 0 atom stereocenters. The maximum atomic E-state index is 12.0. The van der Waals surface area contributed by atoms with Gasteiger partial charge in [-0.3, -0.25) is 4.40 Å².